The molecule has 1 aromatic carbocycles. The summed E-state index contributed by atoms with van der Waals surface area (Å²) in [5.41, 5.74) is 2.62. The van der Waals surface area contributed by atoms with Gasteiger partial charge in [0.05, 0.1) is 12.8 Å². The van der Waals surface area contributed by atoms with Crippen molar-refractivity contribution in [2.75, 3.05) is 19.0 Å². The molecule has 1 aromatic rings. The van der Waals surface area contributed by atoms with Gasteiger partial charge < -0.3 is 10.1 Å². The van der Waals surface area contributed by atoms with E-state index in [0.29, 0.717) is 5.92 Å². The number of nitrogens with one attached hydrogen (secondary N) is 1. The molecule has 1 aliphatic heterocycles. The van der Waals surface area contributed by atoms with E-state index < -0.39 is 0 Å². The van der Waals surface area contributed by atoms with Gasteiger partial charge in [-0.2, -0.15) is 0 Å². The van der Waals surface area contributed by atoms with Crippen LogP contribution in [-0.4, -0.2) is 13.7 Å². The second kappa shape index (κ2) is 4.13. The molecule has 2 atom stereocenters. The SMILES string of the molecule is CCC(C)C1CNc2c(OC)cccc21. The Balaban J connectivity index is 2.35. The Morgan fingerprint density at radius 3 is 3.00 bits per heavy atom. The molecule has 0 aliphatic carbocycles. The number of benzene rings is 1. The molecular weight excluding hydrogens is 186 g/mol. The lowest BCUT2D eigenvalue weighted by atomic mass is 9.87. The Bertz CT molecular complexity index is 348. The highest BCUT2D eigenvalue weighted by atomic mass is 16.5. The monoisotopic (exact) mass is 205 g/mol. The van der Waals surface area contributed by atoms with Gasteiger partial charge in [-0.3, -0.25) is 0 Å². The standard InChI is InChI=1S/C13H19NO/c1-4-9(2)11-8-14-13-10(11)6-5-7-12(13)15-3/h5-7,9,11,14H,4,8H2,1-3H3. The van der Waals surface area contributed by atoms with Gasteiger partial charge in [0.15, 0.2) is 0 Å². The minimum Gasteiger partial charge on any atom is -0.495 e. The number of hydrogen-bond donors (Lipinski definition) is 1. The molecule has 1 heterocycles. The lowest BCUT2D eigenvalue weighted by molar-refractivity contribution is 0.416. The van der Waals surface area contributed by atoms with Gasteiger partial charge >= 0.3 is 0 Å². The quantitative estimate of drug-likeness (QED) is 0.817. The fourth-order valence-electron chi connectivity index (χ4n) is 2.33. The zero-order chi connectivity index (χ0) is 10.8. The highest BCUT2D eigenvalue weighted by Gasteiger charge is 2.27. The Morgan fingerprint density at radius 2 is 2.33 bits per heavy atom. The van der Waals surface area contributed by atoms with Crippen LogP contribution in [0.4, 0.5) is 5.69 Å². The van der Waals surface area contributed by atoms with E-state index in [2.05, 4.69) is 31.3 Å². The summed E-state index contributed by atoms with van der Waals surface area (Å²) < 4.78 is 5.36. The fourth-order valence-corrected chi connectivity index (χ4v) is 2.33. The molecule has 1 N–H and O–H groups in total. The van der Waals surface area contributed by atoms with Gasteiger partial charge in [0, 0.05) is 12.5 Å². The summed E-state index contributed by atoms with van der Waals surface area (Å²) >= 11 is 0. The molecule has 82 valence electrons. The van der Waals surface area contributed by atoms with Crippen molar-refractivity contribution >= 4 is 5.69 Å². The summed E-state index contributed by atoms with van der Waals surface area (Å²) in [5.74, 6) is 2.34. The molecule has 0 spiro atoms. The van der Waals surface area contributed by atoms with E-state index in [1.807, 2.05) is 6.07 Å². The number of ether oxygens (including phenoxy) is 1. The van der Waals surface area contributed by atoms with E-state index in [9.17, 15) is 0 Å². The van der Waals surface area contributed by atoms with Gasteiger partial charge in [-0.25, -0.2) is 0 Å². The topological polar surface area (TPSA) is 21.3 Å². The van der Waals surface area contributed by atoms with Crippen LogP contribution in [0.2, 0.25) is 0 Å². The van der Waals surface area contributed by atoms with E-state index in [1.54, 1.807) is 7.11 Å². The van der Waals surface area contributed by atoms with Gasteiger partial charge in [-0.1, -0.05) is 32.4 Å². The van der Waals surface area contributed by atoms with E-state index >= 15 is 0 Å². The molecule has 0 aromatic heterocycles. The molecule has 15 heavy (non-hydrogen) atoms. The van der Waals surface area contributed by atoms with Crippen molar-refractivity contribution in [1.29, 1.82) is 0 Å². The van der Waals surface area contributed by atoms with Gasteiger partial charge in [0.2, 0.25) is 0 Å². The smallest absolute Gasteiger partial charge is 0.142 e. The van der Waals surface area contributed by atoms with Crippen LogP contribution in [-0.2, 0) is 0 Å². The van der Waals surface area contributed by atoms with Gasteiger partial charge in [-0.15, -0.1) is 0 Å². The summed E-state index contributed by atoms with van der Waals surface area (Å²) in [6.07, 6.45) is 1.23. The lowest BCUT2D eigenvalue weighted by Crippen LogP contribution is -2.10. The molecule has 0 fully saturated rings. The molecule has 0 radical (unpaired) electrons. The molecule has 2 heteroatoms. The van der Waals surface area contributed by atoms with Crippen LogP contribution in [0.1, 0.15) is 31.7 Å². The third-order valence-electron chi connectivity index (χ3n) is 3.51. The molecule has 2 nitrogen and oxygen atoms in total. The van der Waals surface area contributed by atoms with Gasteiger partial charge in [0.1, 0.15) is 5.75 Å². The van der Waals surface area contributed by atoms with Gasteiger partial charge in [0.25, 0.3) is 0 Å². The van der Waals surface area contributed by atoms with E-state index in [1.165, 1.54) is 17.7 Å². The molecule has 0 bridgehead atoms. The molecule has 0 saturated carbocycles. The predicted octanol–water partition coefficient (Wildman–Crippen LogP) is 3.25. The summed E-state index contributed by atoms with van der Waals surface area (Å²) in [6.45, 7) is 5.62. The van der Waals surface area contributed by atoms with Crippen LogP contribution in [0, 0.1) is 5.92 Å². The highest BCUT2D eigenvalue weighted by Crippen LogP contribution is 2.42. The molecule has 1 aliphatic rings. The molecule has 2 rings (SSSR count). The zero-order valence-electron chi connectivity index (χ0n) is 9.71. The first-order valence-electron chi connectivity index (χ1n) is 5.68. The predicted molar refractivity (Wildman–Crippen MR) is 63.7 cm³/mol. The Kier molecular flexibility index (Phi) is 2.85. The largest absolute Gasteiger partial charge is 0.495 e. The second-order valence-corrected chi connectivity index (χ2v) is 4.30. The summed E-state index contributed by atoms with van der Waals surface area (Å²) in [6, 6.07) is 6.32. The molecule has 0 amide bonds. The fraction of sp³-hybridized carbons (Fsp3) is 0.538. The second-order valence-electron chi connectivity index (χ2n) is 4.30. The minimum atomic E-state index is 0.639. The molecule has 0 saturated heterocycles. The molecule has 2 unspecified atom stereocenters. The lowest BCUT2D eigenvalue weighted by Gasteiger charge is -2.17. The maximum absolute atomic E-state index is 5.36. The van der Waals surface area contributed by atoms with Crippen LogP contribution < -0.4 is 10.1 Å². The maximum Gasteiger partial charge on any atom is 0.142 e. The summed E-state index contributed by atoms with van der Waals surface area (Å²) in [4.78, 5) is 0. The third-order valence-corrected chi connectivity index (χ3v) is 3.51. The first-order valence-corrected chi connectivity index (χ1v) is 5.68. The van der Waals surface area contributed by atoms with Crippen molar-refractivity contribution in [3.63, 3.8) is 0 Å². The summed E-state index contributed by atoms with van der Waals surface area (Å²) in [5, 5.41) is 3.46. The van der Waals surface area contributed by atoms with Crippen LogP contribution in [0.15, 0.2) is 18.2 Å². The van der Waals surface area contributed by atoms with Gasteiger partial charge in [-0.05, 0) is 17.5 Å². The first-order chi connectivity index (χ1) is 7.27. The number of methoxy groups -OCH3 is 1. The van der Waals surface area contributed by atoms with Crippen LogP contribution >= 0.6 is 0 Å². The summed E-state index contributed by atoms with van der Waals surface area (Å²) in [7, 11) is 1.73. The highest BCUT2D eigenvalue weighted by molar-refractivity contribution is 5.66. The average Bonchev–Trinajstić information content (AvgIpc) is 2.71. The zero-order valence-corrected chi connectivity index (χ0v) is 9.71. The Hall–Kier alpha value is -1.18. The van der Waals surface area contributed by atoms with E-state index in [-0.39, 0.29) is 0 Å². The average molecular weight is 205 g/mol. The number of rotatable bonds is 3. The van der Waals surface area contributed by atoms with Crippen molar-refractivity contribution in [3.8, 4) is 5.75 Å². The van der Waals surface area contributed by atoms with Crippen molar-refractivity contribution in [2.24, 2.45) is 5.92 Å². The van der Waals surface area contributed by atoms with Crippen LogP contribution in [0.25, 0.3) is 0 Å². The Labute approximate surface area is 91.6 Å². The maximum atomic E-state index is 5.36. The van der Waals surface area contributed by atoms with Crippen LogP contribution in [0.3, 0.4) is 0 Å². The van der Waals surface area contributed by atoms with Crippen molar-refractivity contribution in [1.82, 2.24) is 0 Å². The first kappa shape index (κ1) is 10.3. The van der Waals surface area contributed by atoms with E-state index in [4.69, 9.17) is 4.74 Å². The third kappa shape index (κ3) is 1.69. The molecular formula is C13H19NO. The van der Waals surface area contributed by atoms with Crippen molar-refractivity contribution < 1.29 is 4.74 Å². The Morgan fingerprint density at radius 1 is 1.53 bits per heavy atom. The number of para-hydroxylation sites is 1. The normalized spacial score (nSPS) is 20.6. The number of fused-ring (bicyclic) bond motifs is 1. The minimum absolute atomic E-state index is 0.639. The van der Waals surface area contributed by atoms with E-state index in [0.717, 1.165) is 18.2 Å². The van der Waals surface area contributed by atoms with Crippen molar-refractivity contribution in [3.05, 3.63) is 23.8 Å². The van der Waals surface area contributed by atoms with Crippen molar-refractivity contribution in [2.45, 2.75) is 26.2 Å². The van der Waals surface area contributed by atoms with Crippen LogP contribution in [0.5, 0.6) is 5.75 Å². The number of anilines is 1. The number of hydrogen-bond acceptors (Lipinski definition) is 2.